The van der Waals surface area contributed by atoms with Gasteiger partial charge in [0.25, 0.3) is 0 Å². The molecule has 1 fully saturated rings. The van der Waals surface area contributed by atoms with Gasteiger partial charge in [-0.05, 0) is 13.0 Å². The van der Waals surface area contributed by atoms with Crippen molar-refractivity contribution >= 4 is 5.84 Å². The number of methoxy groups -OCH3 is 1. The maximum atomic E-state index is 14.2. The van der Waals surface area contributed by atoms with Gasteiger partial charge in [-0.15, -0.1) is 0 Å². The first-order valence-electron chi connectivity index (χ1n) is 7.46. The van der Waals surface area contributed by atoms with E-state index in [0.29, 0.717) is 0 Å². The predicted molar refractivity (Wildman–Crippen MR) is 79.8 cm³/mol. The minimum Gasteiger partial charge on any atom is -0.391 e. The Hall–Kier alpha value is -1.72. The molecule has 0 unspecified atom stereocenters. The van der Waals surface area contributed by atoms with Crippen LogP contribution in [0.1, 0.15) is 24.3 Å². The number of hydrogen-bond acceptors (Lipinski definition) is 6. The Morgan fingerprint density at radius 1 is 1.32 bits per heavy atom. The topological polar surface area (TPSA) is 92.5 Å². The Balaban J connectivity index is 2.50. The molecule has 0 aromatic heterocycles. The van der Waals surface area contributed by atoms with Crippen molar-refractivity contribution in [3.63, 3.8) is 0 Å². The van der Waals surface area contributed by atoms with E-state index in [2.05, 4.69) is 4.99 Å². The summed E-state index contributed by atoms with van der Waals surface area (Å²) in [6.45, 7) is 1.72. The minimum absolute atomic E-state index is 0.0458. The monoisotopic (exact) mass is 364 g/mol. The van der Waals surface area contributed by atoms with Crippen LogP contribution >= 0.6 is 0 Å². The van der Waals surface area contributed by atoms with Gasteiger partial charge < -0.3 is 19.3 Å². The van der Waals surface area contributed by atoms with Gasteiger partial charge in [-0.25, -0.2) is 13.2 Å². The quantitative estimate of drug-likeness (QED) is 0.305. The number of hydroxylamine groups is 1. The molecule has 25 heavy (non-hydrogen) atoms. The predicted octanol–water partition coefficient (Wildman–Crippen LogP) is 1.27. The standard InChI is InChI=1S/C15H19F3N2O5/c1-7(21)10(6-23-2)19-14(20-22)8-5-9(15-24-3-4-25-15)12(17)13(18)11(8)16/h5,7,10,15,21-22H,3-4,6H2,1-2H3,(H,19,20)/t7-,10+/m1/s1. The molecule has 0 saturated carbocycles. The number of aliphatic hydroxyl groups is 1. The summed E-state index contributed by atoms with van der Waals surface area (Å²) < 4.78 is 57.2. The molecule has 0 amide bonds. The molecule has 1 aromatic carbocycles. The second-order valence-corrected chi connectivity index (χ2v) is 5.38. The van der Waals surface area contributed by atoms with Crippen LogP contribution in [0.3, 0.4) is 0 Å². The van der Waals surface area contributed by atoms with Gasteiger partial charge in [0.1, 0.15) is 6.04 Å². The molecular formula is C15H19F3N2O5. The van der Waals surface area contributed by atoms with Crippen LogP contribution < -0.4 is 5.48 Å². The van der Waals surface area contributed by atoms with Crippen LogP contribution in [0.4, 0.5) is 13.2 Å². The molecule has 0 spiro atoms. The normalized spacial score (nSPS) is 18.4. The highest BCUT2D eigenvalue weighted by atomic mass is 19.2. The molecule has 140 valence electrons. The van der Waals surface area contributed by atoms with E-state index in [-0.39, 0.29) is 25.4 Å². The molecule has 1 heterocycles. The third-order valence-electron chi connectivity index (χ3n) is 3.60. The summed E-state index contributed by atoms with van der Waals surface area (Å²) in [7, 11) is 1.36. The fraction of sp³-hybridized carbons (Fsp3) is 0.533. The SMILES string of the molecule is COC[C@H](N=C(NO)c1cc(C2OCCO2)c(F)c(F)c1F)[C@@H](C)O. The van der Waals surface area contributed by atoms with E-state index in [4.69, 9.17) is 14.2 Å². The van der Waals surface area contributed by atoms with E-state index in [0.717, 1.165) is 6.07 Å². The van der Waals surface area contributed by atoms with Crippen molar-refractivity contribution in [1.29, 1.82) is 0 Å². The average Bonchev–Trinajstić information content (AvgIpc) is 3.11. The largest absolute Gasteiger partial charge is 0.391 e. The van der Waals surface area contributed by atoms with Crippen LogP contribution in [0.25, 0.3) is 0 Å². The lowest BCUT2D eigenvalue weighted by molar-refractivity contribution is -0.0469. The Morgan fingerprint density at radius 3 is 2.48 bits per heavy atom. The number of aliphatic imine (C=N–C) groups is 1. The highest BCUT2D eigenvalue weighted by Gasteiger charge is 2.29. The highest BCUT2D eigenvalue weighted by molar-refractivity contribution is 5.98. The van der Waals surface area contributed by atoms with Crippen molar-refractivity contribution in [2.75, 3.05) is 26.9 Å². The molecule has 1 aromatic rings. The number of nitrogens with zero attached hydrogens (tertiary/aromatic N) is 1. The second kappa shape index (κ2) is 8.59. The van der Waals surface area contributed by atoms with Crippen LogP contribution in [0, 0.1) is 17.5 Å². The van der Waals surface area contributed by atoms with Crippen molar-refractivity contribution in [3.8, 4) is 0 Å². The van der Waals surface area contributed by atoms with E-state index >= 15 is 0 Å². The maximum Gasteiger partial charge on any atom is 0.195 e. The Kier molecular flexibility index (Phi) is 6.73. The molecule has 0 aliphatic carbocycles. The summed E-state index contributed by atoms with van der Waals surface area (Å²) in [6.07, 6.45) is -2.20. The molecule has 10 heteroatoms. The Morgan fingerprint density at radius 2 is 1.96 bits per heavy atom. The van der Waals surface area contributed by atoms with Crippen molar-refractivity contribution in [2.45, 2.75) is 25.4 Å². The number of nitrogens with one attached hydrogen (secondary N) is 1. The lowest BCUT2D eigenvalue weighted by Crippen LogP contribution is -2.32. The average molecular weight is 364 g/mol. The van der Waals surface area contributed by atoms with Crippen LogP contribution in [0.15, 0.2) is 11.1 Å². The first-order chi connectivity index (χ1) is 11.9. The van der Waals surface area contributed by atoms with E-state index in [1.165, 1.54) is 14.0 Å². The number of benzene rings is 1. The second-order valence-electron chi connectivity index (χ2n) is 5.38. The molecule has 1 aliphatic heterocycles. The summed E-state index contributed by atoms with van der Waals surface area (Å²) in [5, 5.41) is 18.9. The Labute approximate surface area is 142 Å². The molecule has 2 rings (SSSR count). The van der Waals surface area contributed by atoms with Gasteiger partial charge >= 0.3 is 0 Å². The molecule has 0 radical (unpaired) electrons. The van der Waals surface area contributed by atoms with Crippen LogP contribution in [0.5, 0.6) is 0 Å². The van der Waals surface area contributed by atoms with Gasteiger partial charge in [0.15, 0.2) is 29.6 Å². The number of amidine groups is 1. The number of ether oxygens (including phenoxy) is 3. The first kappa shape index (κ1) is 19.6. The number of halogens is 3. The Bertz CT molecular complexity index is 636. The maximum absolute atomic E-state index is 14.2. The molecule has 3 N–H and O–H groups in total. The molecule has 1 aliphatic rings. The van der Waals surface area contributed by atoms with Crippen molar-refractivity contribution < 1.29 is 37.7 Å². The fourth-order valence-electron chi connectivity index (χ4n) is 2.28. The molecule has 2 atom stereocenters. The van der Waals surface area contributed by atoms with Gasteiger partial charge in [0, 0.05) is 12.7 Å². The van der Waals surface area contributed by atoms with Crippen molar-refractivity contribution in [3.05, 3.63) is 34.6 Å². The van der Waals surface area contributed by atoms with Crippen LogP contribution in [0.2, 0.25) is 0 Å². The fourth-order valence-corrected chi connectivity index (χ4v) is 2.28. The smallest absolute Gasteiger partial charge is 0.195 e. The van der Waals surface area contributed by atoms with Gasteiger partial charge in [0.05, 0.1) is 31.5 Å². The summed E-state index contributed by atoms with van der Waals surface area (Å²) in [5.74, 6) is -5.26. The molecule has 7 nitrogen and oxygen atoms in total. The summed E-state index contributed by atoms with van der Waals surface area (Å²) in [5.41, 5.74) is 0.730. The molecular weight excluding hydrogens is 345 g/mol. The number of rotatable bonds is 6. The zero-order valence-electron chi connectivity index (χ0n) is 13.6. The van der Waals surface area contributed by atoms with E-state index in [1.807, 2.05) is 0 Å². The van der Waals surface area contributed by atoms with Gasteiger partial charge in [0.2, 0.25) is 0 Å². The molecule has 0 bridgehead atoms. The summed E-state index contributed by atoms with van der Waals surface area (Å²) >= 11 is 0. The van der Waals surface area contributed by atoms with Gasteiger partial charge in [-0.2, -0.15) is 0 Å². The zero-order chi connectivity index (χ0) is 18.6. The lowest BCUT2D eigenvalue weighted by Gasteiger charge is -2.18. The van der Waals surface area contributed by atoms with Crippen LogP contribution in [-0.2, 0) is 14.2 Å². The summed E-state index contributed by atoms with van der Waals surface area (Å²) in [4.78, 5) is 3.92. The first-order valence-corrected chi connectivity index (χ1v) is 7.46. The third-order valence-corrected chi connectivity index (χ3v) is 3.60. The lowest BCUT2D eigenvalue weighted by atomic mass is 10.1. The number of aliphatic hydroxyl groups excluding tert-OH is 1. The molecule has 1 saturated heterocycles. The van der Waals surface area contributed by atoms with E-state index < -0.39 is 47.3 Å². The minimum atomic E-state index is -1.75. The van der Waals surface area contributed by atoms with E-state index in [9.17, 15) is 23.5 Å². The van der Waals surface area contributed by atoms with Crippen LogP contribution in [-0.4, -0.2) is 55.2 Å². The third kappa shape index (κ3) is 4.28. The van der Waals surface area contributed by atoms with E-state index in [1.54, 1.807) is 5.48 Å². The zero-order valence-corrected chi connectivity index (χ0v) is 13.6. The van der Waals surface area contributed by atoms with Crippen molar-refractivity contribution in [1.82, 2.24) is 5.48 Å². The number of hydrogen-bond donors (Lipinski definition) is 3. The van der Waals surface area contributed by atoms with Crippen molar-refractivity contribution in [2.24, 2.45) is 4.99 Å². The highest BCUT2D eigenvalue weighted by Crippen LogP contribution is 2.30. The van der Waals surface area contributed by atoms with Gasteiger partial charge in [-0.1, -0.05) is 0 Å². The summed E-state index contributed by atoms with van der Waals surface area (Å²) in [6, 6.07) is 0.0483. The van der Waals surface area contributed by atoms with Gasteiger partial charge in [-0.3, -0.25) is 15.7 Å².